The van der Waals surface area contributed by atoms with Crippen molar-refractivity contribution in [3.05, 3.63) is 16.1 Å². The Morgan fingerprint density at radius 1 is 1.36 bits per heavy atom. The van der Waals surface area contributed by atoms with E-state index in [0.717, 1.165) is 36.8 Å². The molecule has 3 saturated heterocycles. The van der Waals surface area contributed by atoms with Crippen LogP contribution in [0, 0.1) is 18.8 Å². The molecule has 0 unspecified atom stereocenters. The van der Waals surface area contributed by atoms with Crippen molar-refractivity contribution < 1.29 is 19.8 Å². The van der Waals surface area contributed by atoms with E-state index < -0.39 is 0 Å². The number of amides is 1. The van der Waals surface area contributed by atoms with Gasteiger partial charge in [0, 0.05) is 37.0 Å². The highest BCUT2D eigenvalue weighted by molar-refractivity contribution is 7.09. The fourth-order valence-electron chi connectivity index (χ4n) is 5.28. The molecular weight excluding hydrogens is 378 g/mol. The van der Waals surface area contributed by atoms with Crippen LogP contribution in [-0.4, -0.2) is 75.7 Å². The number of aryl methyl sites for hydroxylation is 2. The van der Waals surface area contributed by atoms with Crippen molar-refractivity contribution in [1.29, 1.82) is 0 Å². The fourth-order valence-corrected chi connectivity index (χ4v) is 5.93. The van der Waals surface area contributed by atoms with E-state index in [1.54, 1.807) is 11.3 Å². The molecule has 2 bridgehead atoms. The highest BCUT2D eigenvalue weighted by atomic mass is 32.1. The number of aliphatic hydroxyl groups excluding tert-OH is 1. The van der Waals surface area contributed by atoms with Crippen LogP contribution in [0.5, 0.6) is 0 Å². The number of hydrogen-bond donors (Lipinski definition) is 2. The number of carbonyl (C=O) groups excluding carboxylic acids is 1. The summed E-state index contributed by atoms with van der Waals surface area (Å²) in [6, 6.07) is 0.817. The zero-order valence-corrected chi connectivity index (χ0v) is 17.3. The Morgan fingerprint density at radius 2 is 2.11 bits per heavy atom. The summed E-state index contributed by atoms with van der Waals surface area (Å²) in [5, 5.41) is 20.0. The van der Waals surface area contributed by atoms with E-state index in [2.05, 4.69) is 20.2 Å². The Bertz CT molecular complexity index is 654. The molecule has 28 heavy (non-hydrogen) atoms. The number of fused-ring (bicyclic) bond motifs is 4. The maximum Gasteiger partial charge on any atom is 0.290 e. The Morgan fingerprint density at radius 3 is 2.79 bits per heavy atom. The van der Waals surface area contributed by atoms with E-state index in [0.29, 0.717) is 24.3 Å². The molecule has 1 aromatic rings. The molecule has 156 valence electrons. The van der Waals surface area contributed by atoms with Crippen LogP contribution in [-0.2, 0) is 16.0 Å². The minimum absolute atomic E-state index is 0.230. The predicted molar refractivity (Wildman–Crippen MR) is 107 cm³/mol. The quantitative estimate of drug-likeness (QED) is 0.736. The first-order chi connectivity index (χ1) is 13.6. The smallest absolute Gasteiger partial charge is 0.290 e. The van der Waals surface area contributed by atoms with Gasteiger partial charge in [-0.3, -0.25) is 14.5 Å². The van der Waals surface area contributed by atoms with E-state index in [4.69, 9.17) is 9.90 Å². The van der Waals surface area contributed by atoms with Gasteiger partial charge in [-0.25, -0.2) is 4.98 Å². The summed E-state index contributed by atoms with van der Waals surface area (Å²) in [6.45, 7) is 4.84. The van der Waals surface area contributed by atoms with Gasteiger partial charge in [0.15, 0.2) is 0 Å². The van der Waals surface area contributed by atoms with Gasteiger partial charge in [0.05, 0.1) is 17.3 Å². The first kappa shape index (κ1) is 21.2. The van der Waals surface area contributed by atoms with E-state index in [-0.39, 0.29) is 25.0 Å². The molecule has 7 nitrogen and oxygen atoms in total. The number of aliphatic hydroxyl groups is 1. The lowest BCUT2D eigenvalue weighted by Gasteiger charge is -2.56. The van der Waals surface area contributed by atoms with Gasteiger partial charge in [-0.15, -0.1) is 11.3 Å². The first-order valence-corrected chi connectivity index (χ1v) is 11.1. The average molecular weight is 410 g/mol. The zero-order valence-electron chi connectivity index (χ0n) is 16.5. The van der Waals surface area contributed by atoms with E-state index >= 15 is 0 Å². The molecule has 3 fully saturated rings. The summed E-state index contributed by atoms with van der Waals surface area (Å²) in [5.41, 5.74) is 1.04. The summed E-state index contributed by atoms with van der Waals surface area (Å²) in [6.07, 6.45) is 6.25. The number of rotatable bonds is 4. The predicted octanol–water partition coefficient (Wildman–Crippen LogP) is 1.78. The maximum absolute atomic E-state index is 12.8. The van der Waals surface area contributed by atoms with Crippen LogP contribution in [0.3, 0.4) is 0 Å². The molecule has 0 spiro atoms. The zero-order chi connectivity index (χ0) is 20.1. The third-order valence-electron chi connectivity index (χ3n) is 6.42. The molecule has 4 heterocycles. The largest absolute Gasteiger partial charge is 0.483 e. The number of aromatic nitrogens is 1. The normalized spacial score (nSPS) is 29.4. The molecule has 0 saturated carbocycles. The standard InChI is InChI=1S/C19H29N3O2S.CH2O2/c1-13-20-16(12-25-13)5-6-19(24)21-9-14-8-15(10-21)18(11-23)22-7-3-2-4-17(14)22;2-1-3/h12,14-15,17-18,23H,2-11H2,1H3;1H,(H,2,3)/t14-,15+,17+,18+;/m1./s1. The second kappa shape index (κ2) is 9.80. The molecule has 0 aromatic carbocycles. The lowest BCUT2D eigenvalue weighted by molar-refractivity contribution is -0.142. The number of piperidine rings is 3. The van der Waals surface area contributed by atoms with Gasteiger partial charge in [0.2, 0.25) is 5.91 Å². The average Bonchev–Trinajstić information content (AvgIpc) is 3.12. The third-order valence-corrected chi connectivity index (χ3v) is 7.25. The maximum atomic E-state index is 12.8. The molecule has 1 aromatic heterocycles. The van der Waals surface area contributed by atoms with Crippen LogP contribution in [0.15, 0.2) is 5.38 Å². The van der Waals surface area contributed by atoms with Crippen LogP contribution in [0.2, 0.25) is 0 Å². The van der Waals surface area contributed by atoms with Crippen LogP contribution in [0.1, 0.15) is 42.8 Å². The summed E-state index contributed by atoms with van der Waals surface area (Å²) in [7, 11) is 0. The number of hydrogen-bond acceptors (Lipinski definition) is 6. The topological polar surface area (TPSA) is 94.0 Å². The molecule has 0 aliphatic carbocycles. The minimum atomic E-state index is -0.250. The lowest BCUT2D eigenvalue weighted by Crippen LogP contribution is -2.65. The molecular formula is C20H31N3O4S. The van der Waals surface area contributed by atoms with Gasteiger partial charge in [0.1, 0.15) is 0 Å². The monoisotopic (exact) mass is 409 g/mol. The number of thiazole rings is 1. The first-order valence-electron chi connectivity index (χ1n) is 10.2. The van der Waals surface area contributed by atoms with E-state index in [1.165, 1.54) is 25.7 Å². The Balaban J connectivity index is 0.000000706. The van der Waals surface area contributed by atoms with E-state index in [9.17, 15) is 9.90 Å². The highest BCUT2D eigenvalue weighted by Gasteiger charge is 2.47. The number of carbonyl (C=O) groups is 2. The van der Waals surface area contributed by atoms with Crippen molar-refractivity contribution in [2.45, 2.75) is 57.5 Å². The van der Waals surface area contributed by atoms with Gasteiger partial charge in [0.25, 0.3) is 6.47 Å². The summed E-state index contributed by atoms with van der Waals surface area (Å²) >= 11 is 1.65. The Hall–Kier alpha value is -1.51. The summed E-state index contributed by atoms with van der Waals surface area (Å²) in [5.74, 6) is 1.29. The minimum Gasteiger partial charge on any atom is -0.483 e. The third kappa shape index (κ3) is 4.72. The number of likely N-dealkylation sites (tertiary alicyclic amines) is 1. The molecule has 4 rings (SSSR count). The van der Waals surface area contributed by atoms with Crippen LogP contribution in [0.25, 0.3) is 0 Å². The van der Waals surface area contributed by atoms with Crippen molar-refractivity contribution in [2.75, 3.05) is 26.2 Å². The van der Waals surface area contributed by atoms with Crippen molar-refractivity contribution in [2.24, 2.45) is 11.8 Å². The van der Waals surface area contributed by atoms with Crippen molar-refractivity contribution in [1.82, 2.24) is 14.8 Å². The van der Waals surface area contributed by atoms with Gasteiger partial charge >= 0.3 is 0 Å². The number of nitrogens with zero attached hydrogens (tertiary/aromatic N) is 3. The van der Waals surface area contributed by atoms with Gasteiger partial charge in [-0.1, -0.05) is 6.42 Å². The second-order valence-electron chi connectivity index (χ2n) is 8.07. The molecule has 4 atom stereocenters. The van der Waals surface area contributed by atoms with E-state index in [1.807, 2.05) is 6.92 Å². The molecule has 8 heteroatoms. The van der Waals surface area contributed by atoms with Gasteiger partial charge < -0.3 is 15.1 Å². The highest BCUT2D eigenvalue weighted by Crippen LogP contribution is 2.41. The number of carboxylic acid groups (broad SMARTS) is 1. The van der Waals surface area contributed by atoms with Crippen molar-refractivity contribution in [3.63, 3.8) is 0 Å². The molecule has 3 aliphatic heterocycles. The van der Waals surface area contributed by atoms with Crippen LogP contribution < -0.4 is 0 Å². The van der Waals surface area contributed by atoms with Gasteiger partial charge in [-0.05, 0) is 51.0 Å². The second-order valence-corrected chi connectivity index (χ2v) is 9.13. The fraction of sp³-hybridized carbons (Fsp3) is 0.750. The van der Waals surface area contributed by atoms with Crippen LogP contribution in [0.4, 0.5) is 0 Å². The Kier molecular flexibility index (Phi) is 7.42. The molecule has 0 radical (unpaired) electrons. The van der Waals surface area contributed by atoms with Crippen molar-refractivity contribution >= 4 is 23.7 Å². The Labute approximate surface area is 170 Å². The van der Waals surface area contributed by atoms with Gasteiger partial charge in [-0.2, -0.15) is 0 Å². The van der Waals surface area contributed by atoms with Crippen LogP contribution >= 0.6 is 11.3 Å². The SMILES string of the molecule is Cc1nc(CCC(=O)N2C[C@H]3C[C@@H](C2)[C@H](CO)N2CCCC[C@@H]32)cs1.O=CO. The molecule has 3 aliphatic rings. The molecule has 1 amide bonds. The summed E-state index contributed by atoms with van der Waals surface area (Å²) < 4.78 is 0. The summed E-state index contributed by atoms with van der Waals surface area (Å²) in [4.78, 5) is 30.3. The van der Waals surface area contributed by atoms with Crippen molar-refractivity contribution in [3.8, 4) is 0 Å². The molecule has 2 N–H and O–H groups in total. The lowest BCUT2D eigenvalue weighted by atomic mass is 9.72.